The Morgan fingerprint density at radius 3 is 3.07 bits per heavy atom. The average Bonchev–Trinajstić information content (AvgIpc) is 2.86. The van der Waals surface area contributed by atoms with E-state index in [2.05, 4.69) is 16.1 Å². The van der Waals surface area contributed by atoms with Gasteiger partial charge < -0.3 is 15.6 Å². The fourth-order valence-corrected chi connectivity index (χ4v) is 2.64. The third-order valence-corrected chi connectivity index (χ3v) is 3.50. The first kappa shape index (κ1) is 9.36. The van der Waals surface area contributed by atoms with Crippen molar-refractivity contribution in [3.8, 4) is 0 Å². The third-order valence-electron chi connectivity index (χ3n) is 3.50. The largest absolute Gasteiger partial charge is 0.319 e. The molecule has 3 N–H and O–H groups in total. The molecule has 1 fully saturated rings. The summed E-state index contributed by atoms with van der Waals surface area (Å²) >= 11 is 0. The molecule has 1 aromatic heterocycles. The van der Waals surface area contributed by atoms with Gasteiger partial charge in [0.2, 0.25) is 0 Å². The van der Waals surface area contributed by atoms with Crippen molar-refractivity contribution in [2.45, 2.75) is 44.3 Å². The molecule has 4 nitrogen and oxygen atoms in total. The van der Waals surface area contributed by atoms with Crippen LogP contribution < -0.4 is 11.1 Å². The van der Waals surface area contributed by atoms with Crippen LogP contribution in [-0.4, -0.2) is 16.1 Å². The zero-order valence-electron chi connectivity index (χ0n) is 8.95. The van der Waals surface area contributed by atoms with E-state index in [1.165, 1.54) is 30.8 Å². The predicted octanol–water partition coefficient (Wildman–Crippen LogP) is 1.10. The Morgan fingerprint density at radius 1 is 1.40 bits per heavy atom. The van der Waals surface area contributed by atoms with Gasteiger partial charge in [-0.3, -0.25) is 0 Å². The number of rotatable bonds is 1. The monoisotopic (exact) mass is 206 g/mol. The molecule has 2 aliphatic rings. The number of nitrogens with zero attached hydrogens (tertiary/aromatic N) is 2. The van der Waals surface area contributed by atoms with Gasteiger partial charge in [0, 0.05) is 12.6 Å². The number of aryl methyl sites for hydroxylation is 1. The van der Waals surface area contributed by atoms with E-state index < -0.39 is 0 Å². The summed E-state index contributed by atoms with van der Waals surface area (Å²) in [6, 6.07) is 0.468. The first-order valence-corrected chi connectivity index (χ1v) is 5.91. The molecule has 0 radical (unpaired) electrons. The number of aromatic nitrogens is 2. The average molecular weight is 206 g/mol. The molecule has 0 aliphatic carbocycles. The van der Waals surface area contributed by atoms with Gasteiger partial charge in [-0.1, -0.05) is 0 Å². The lowest BCUT2D eigenvalue weighted by Crippen LogP contribution is -2.24. The Labute approximate surface area is 89.9 Å². The van der Waals surface area contributed by atoms with Crippen molar-refractivity contribution >= 4 is 0 Å². The molecule has 2 unspecified atom stereocenters. The van der Waals surface area contributed by atoms with E-state index in [9.17, 15) is 0 Å². The number of imidazole rings is 1. The highest BCUT2D eigenvalue weighted by atomic mass is 15.2. The van der Waals surface area contributed by atoms with Crippen LogP contribution in [0.15, 0.2) is 6.20 Å². The molecule has 2 aliphatic heterocycles. The summed E-state index contributed by atoms with van der Waals surface area (Å²) in [6.45, 7) is 1.12. The molecule has 1 saturated heterocycles. The van der Waals surface area contributed by atoms with Crippen LogP contribution in [0.1, 0.15) is 49.4 Å². The quantitative estimate of drug-likeness (QED) is 0.723. The Kier molecular flexibility index (Phi) is 2.25. The summed E-state index contributed by atoms with van der Waals surface area (Å²) in [5, 5.41) is 3.48. The summed E-state index contributed by atoms with van der Waals surface area (Å²) in [6.07, 6.45) is 8.13. The summed E-state index contributed by atoms with van der Waals surface area (Å²) in [5.41, 5.74) is 7.26. The van der Waals surface area contributed by atoms with Crippen LogP contribution >= 0.6 is 0 Å². The molecular weight excluding hydrogens is 188 g/mol. The van der Waals surface area contributed by atoms with E-state index in [4.69, 9.17) is 10.7 Å². The molecule has 0 aromatic carbocycles. The van der Waals surface area contributed by atoms with Crippen LogP contribution in [0, 0.1) is 0 Å². The fourth-order valence-electron chi connectivity index (χ4n) is 2.64. The highest BCUT2D eigenvalue weighted by molar-refractivity contribution is 5.12. The Balaban J connectivity index is 1.90. The normalized spacial score (nSPS) is 30.5. The molecule has 3 heterocycles. The van der Waals surface area contributed by atoms with Crippen LogP contribution in [0.2, 0.25) is 0 Å². The van der Waals surface area contributed by atoms with Crippen molar-refractivity contribution < 1.29 is 0 Å². The van der Waals surface area contributed by atoms with Crippen LogP contribution in [-0.2, 0) is 6.42 Å². The summed E-state index contributed by atoms with van der Waals surface area (Å²) in [7, 11) is 0. The second kappa shape index (κ2) is 3.61. The zero-order valence-corrected chi connectivity index (χ0v) is 8.95. The zero-order chi connectivity index (χ0) is 10.3. The molecule has 82 valence electrons. The molecule has 0 amide bonds. The topological polar surface area (TPSA) is 55.9 Å². The third kappa shape index (κ3) is 1.58. The first-order chi connectivity index (χ1) is 7.34. The number of nitrogens with one attached hydrogen (secondary N) is 1. The second-order valence-corrected chi connectivity index (χ2v) is 4.60. The lowest BCUT2D eigenvalue weighted by atomic mass is 10.1. The van der Waals surface area contributed by atoms with Gasteiger partial charge in [-0.15, -0.1) is 0 Å². The maximum absolute atomic E-state index is 6.06. The minimum atomic E-state index is 0.149. The summed E-state index contributed by atoms with van der Waals surface area (Å²) < 4.78 is 2.17. The van der Waals surface area contributed by atoms with Crippen molar-refractivity contribution in [1.29, 1.82) is 0 Å². The number of nitrogens with two attached hydrogens (primary N) is 1. The molecule has 0 saturated carbocycles. The van der Waals surface area contributed by atoms with E-state index in [0.29, 0.717) is 6.04 Å². The number of fused-ring (bicyclic) bond motifs is 1. The molecular formula is C11H18N4. The maximum Gasteiger partial charge on any atom is 0.110 e. The lowest BCUT2D eigenvalue weighted by molar-refractivity contribution is 0.408. The molecule has 4 heteroatoms. The van der Waals surface area contributed by atoms with Gasteiger partial charge in [-0.25, -0.2) is 4.98 Å². The van der Waals surface area contributed by atoms with Crippen LogP contribution in [0.3, 0.4) is 0 Å². The SMILES string of the molecule is NC1CCCc2nc(C3CCCN3)cn21. The Hall–Kier alpha value is -0.870. The smallest absolute Gasteiger partial charge is 0.110 e. The Morgan fingerprint density at radius 2 is 2.33 bits per heavy atom. The predicted molar refractivity (Wildman–Crippen MR) is 58.4 cm³/mol. The van der Waals surface area contributed by atoms with E-state index >= 15 is 0 Å². The highest BCUT2D eigenvalue weighted by Crippen LogP contribution is 2.26. The van der Waals surface area contributed by atoms with Crippen molar-refractivity contribution in [2.24, 2.45) is 5.73 Å². The van der Waals surface area contributed by atoms with Crippen molar-refractivity contribution in [3.05, 3.63) is 17.7 Å². The Bertz CT molecular complexity index is 351. The molecule has 1 aromatic rings. The molecule has 0 bridgehead atoms. The van der Waals surface area contributed by atoms with E-state index in [0.717, 1.165) is 19.4 Å². The summed E-state index contributed by atoms with van der Waals surface area (Å²) in [5.74, 6) is 1.18. The van der Waals surface area contributed by atoms with Crippen LogP contribution in [0.5, 0.6) is 0 Å². The number of hydrogen-bond donors (Lipinski definition) is 2. The van der Waals surface area contributed by atoms with Gasteiger partial charge in [-0.05, 0) is 32.2 Å². The van der Waals surface area contributed by atoms with Crippen LogP contribution in [0.4, 0.5) is 0 Å². The van der Waals surface area contributed by atoms with Crippen molar-refractivity contribution in [2.75, 3.05) is 6.54 Å². The van der Waals surface area contributed by atoms with E-state index in [1.54, 1.807) is 0 Å². The van der Waals surface area contributed by atoms with Gasteiger partial charge in [0.1, 0.15) is 5.82 Å². The maximum atomic E-state index is 6.06. The fraction of sp³-hybridized carbons (Fsp3) is 0.727. The minimum Gasteiger partial charge on any atom is -0.319 e. The second-order valence-electron chi connectivity index (χ2n) is 4.60. The van der Waals surface area contributed by atoms with Gasteiger partial charge in [0.05, 0.1) is 17.9 Å². The van der Waals surface area contributed by atoms with Gasteiger partial charge in [0.15, 0.2) is 0 Å². The van der Waals surface area contributed by atoms with Crippen LogP contribution in [0.25, 0.3) is 0 Å². The van der Waals surface area contributed by atoms with Crippen molar-refractivity contribution in [3.63, 3.8) is 0 Å². The highest BCUT2D eigenvalue weighted by Gasteiger charge is 2.23. The first-order valence-electron chi connectivity index (χ1n) is 5.91. The van der Waals surface area contributed by atoms with E-state index in [-0.39, 0.29) is 6.17 Å². The molecule has 2 atom stereocenters. The molecule has 3 rings (SSSR count). The van der Waals surface area contributed by atoms with E-state index in [1.807, 2.05) is 0 Å². The molecule has 15 heavy (non-hydrogen) atoms. The van der Waals surface area contributed by atoms with Crippen molar-refractivity contribution in [1.82, 2.24) is 14.9 Å². The number of hydrogen-bond acceptors (Lipinski definition) is 3. The molecule has 0 spiro atoms. The van der Waals surface area contributed by atoms with Gasteiger partial charge >= 0.3 is 0 Å². The summed E-state index contributed by atoms with van der Waals surface area (Å²) in [4.78, 5) is 4.70. The lowest BCUT2D eigenvalue weighted by Gasteiger charge is -2.20. The van der Waals surface area contributed by atoms with Gasteiger partial charge in [0.25, 0.3) is 0 Å². The minimum absolute atomic E-state index is 0.149. The standard InChI is InChI=1S/C11H18N4/c12-10-4-1-5-11-14-9(7-15(10)11)8-3-2-6-13-8/h7-8,10,13H,1-6,12H2. The van der Waals surface area contributed by atoms with Gasteiger partial charge in [-0.2, -0.15) is 0 Å².